The highest BCUT2D eigenvalue weighted by Gasteiger charge is 2.35. The van der Waals surface area contributed by atoms with E-state index in [4.69, 9.17) is 0 Å². The molecule has 4 heteroatoms. The molecule has 2 saturated carbocycles. The van der Waals surface area contributed by atoms with Crippen LogP contribution in [0.5, 0.6) is 0 Å². The normalized spacial score (nSPS) is 32.9. The quantitative estimate of drug-likeness (QED) is 0.397. The first-order valence-corrected chi connectivity index (χ1v) is 10.6. The number of fused-ring (bicyclic) bond motifs is 1. The molecule has 3 rings (SSSR count). The molecule has 106 valence electrons. The van der Waals surface area contributed by atoms with Crippen molar-refractivity contribution in [2.45, 2.75) is 49.8 Å². The third kappa shape index (κ3) is 3.32. The number of hydrogen-bond donors (Lipinski definition) is 0. The van der Waals surface area contributed by atoms with Crippen LogP contribution in [0.25, 0.3) is 0 Å². The number of alkyl halides is 1. The molecule has 0 amide bonds. The monoisotopic (exact) mass is 468 g/mol. The molecule has 0 bridgehead atoms. The highest BCUT2D eigenvalue weighted by Crippen LogP contribution is 2.50. The predicted octanol–water partition coefficient (Wildman–Crippen LogP) is 7.32. The lowest BCUT2D eigenvalue weighted by molar-refractivity contribution is 0.129. The zero-order chi connectivity index (χ0) is 13.4. The van der Waals surface area contributed by atoms with Gasteiger partial charge in [0.05, 0.1) is 8.61 Å². The summed E-state index contributed by atoms with van der Waals surface area (Å²) in [6.45, 7) is 0. The van der Waals surface area contributed by atoms with Crippen LogP contribution in [-0.2, 0) is 0 Å². The SMILES string of the molecule is Brc1cc(C(Br)C2CCC3CCCCC3C2)sc1Br. The maximum Gasteiger partial charge on any atom is 0.0843 e. The molecular weight excluding hydrogens is 452 g/mol. The zero-order valence-corrected chi connectivity index (χ0v) is 16.5. The standard InChI is InChI=1S/C15H19Br3S/c16-12-8-13(19-15(12)18)14(17)11-6-5-9-3-1-2-4-10(9)7-11/h8-11,14H,1-7H2. The first-order valence-electron chi connectivity index (χ1n) is 7.24. The van der Waals surface area contributed by atoms with Gasteiger partial charge in [0.25, 0.3) is 0 Å². The maximum atomic E-state index is 3.98. The molecule has 2 aliphatic carbocycles. The lowest BCUT2D eigenvalue weighted by atomic mass is 9.67. The minimum absolute atomic E-state index is 0.544. The summed E-state index contributed by atoms with van der Waals surface area (Å²) in [7, 11) is 0. The Morgan fingerprint density at radius 3 is 2.47 bits per heavy atom. The van der Waals surface area contributed by atoms with Crippen LogP contribution in [0.15, 0.2) is 14.3 Å². The fourth-order valence-corrected chi connectivity index (χ4v) is 6.96. The molecule has 0 spiro atoms. The van der Waals surface area contributed by atoms with Crippen molar-refractivity contribution in [3.8, 4) is 0 Å². The van der Waals surface area contributed by atoms with Crippen molar-refractivity contribution in [3.63, 3.8) is 0 Å². The molecule has 1 aromatic rings. The van der Waals surface area contributed by atoms with Crippen LogP contribution < -0.4 is 0 Å². The Kier molecular flexibility index (Phi) is 5.15. The van der Waals surface area contributed by atoms with E-state index in [1.54, 1.807) is 0 Å². The molecule has 4 unspecified atom stereocenters. The van der Waals surface area contributed by atoms with E-state index in [-0.39, 0.29) is 0 Å². The van der Waals surface area contributed by atoms with Gasteiger partial charge in [-0.05, 0) is 74.9 Å². The second-order valence-electron chi connectivity index (χ2n) is 6.05. The molecule has 0 aromatic carbocycles. The highest BCUT2D eigenvalue weighted by atomic mass is 79.9. The van der Waals surface area contributed by atoms with Crippen LogP contribution in [-0.4, -0.2) is 0 Å². The molecule has 19 heavy (non-hydrogen) atoms. The first-order chi connectivity index (χ1) is 9.15. The Morgan fingerprint density at radius 1 is 1.05 bits per heavy atom. The van der Waals surface area contributed by atoms with E-state index in [9.17, 15) is 0 Å². The molecule has 0 aliphatic heterocycles. The molecular formula is C15H19Br3S. The third-order valence-electron chi connectivity index (χ3n) is 4.93. The van der Waals surface area contributed by atoms with E-state index in [0.717, 1.165) is 17.8 Å². The number of halogens is 3. The van der Waals surface area contributed by atoms with Crippen molar-refractivity contribution in [2.75, 3.05) is 0 Å². The molecule has 1 aromatic heterocycles. The minimum atomic E-state index is 0.544. The van der Waals surface area contributed by atoms with Gasteiger partial charge in [0.2, 0.25) is 0 Å². The Labute approximate surface area is 145 Å². The van der Waals surface area contributed by atoms with Gasteiger partial charge < -0.3 is 0 Å². The van der Waals surface area contributed by atoms with Crippen LogP contribution in [0.4, 0.5) is 0 Å². The molecule has 1 heterocycles. The predicted molar refractivity (Wildman–Crippen MR) is 94.2 cm³/mol. The second kappa shape index (κ2) is 6.50. The van der Waals surface area contributed by atoms with Gasteiger partial charge in [-0.2, -0.15) is 0 Å². The minimum Gasteiger partial charge on any atom is -0.131 e. The van der Waals surface area contributed by atoms with Crippen LogP contribution in [0, 0.1) is 17.8 Å². The smallest absolute Gasteiger partial charge is 0.0843 e. The summed E-state index contributed by atoms with van der Waals surface area (Å²) >= 11 is 13.1. The van der Waals surface area contributed by atoms with Gasteiger partial charge in [-0.3, -0.25) is 0 Å². The average molecular weight is 471 g/mol. The van der Waals surface area contributed by atoms with E-state index in [2.05, 4.69) is 53.9 Å². The van der Waals surface area contributed by atoms with Gasteiger partial charge in [0.15, 0.2) is 0 Å². The Bertz CT molecular complexity index is 423. The molecule has 0 saturated heterocycles. The average Bonchev–Trinajstić information content (AvgIpc) is 2.77. The summed E-state index contributed by atoms with van der Waals surface area (Å²) in [5.41, 5.74) is 0. The van der Waals surface area contributed by atoms with Crippen LogP contribution in [0.1, 0.15) is 54.7 Å². The lowest BCUT2D eigenvalue weighted by Gasteiger charge is -2.40. The molecule has 2 fully saturated rings. The number of hydrogen-bond acceptors (Lipinski definition) is 1. The van der Waals surface area contributed by atoms with Crippen molar-refractivity contribution in [1.82, 2.24) is 0 Å². The molecule has 0 radical (unpaired) electrons. The van der Waals surface area contributed by atoms with E-state index in [1.807, 2.05) is 11.3 Å². The number of thiophene rings is 1. The van der Waals surface area contributed by atoms with Crippen LogP contribution >= 0.6 is 59.1 Å². The zero-order valence-electron chi connectivity index (χ0n) is 10.9. The summed E-state index contributed by atoms with van der Waals surface area (Å²) in [4.78, 5) is 2.01. The van der Waals surface area contributed by atoms with Crippen molar-refractivity contribution < 1.29 is 0 Å². The van der Waals surface area contributed by atoms with E-state index < -0.39 is 0 Å². The summed E-state index contributed by atoms with van der Waals surface area (Å²) < 4.78 is 2.42. The lowest BCUT2D eigenvalue weighted by Crippen LogP contribution is -2.29. The van der Waals surface area contributed by atoms with Crippen molar-refractivity contribution in [1.29, 1.82) is 0 Å². The van der Waals surface area contributed by atoms with Gasteiger partial charge in [0.1, 0.15) is 0 Å². The van der Waals surface area contributed by atoms with E-state index >= 15 is 0 Å². The van der Waals surface area contributed by atoms with Crippen molar-refractivity contribution >= 4 is 59.1 Å². The highest BCUT2D eigenvalue weighted by molar-refractivity contribution is 9.13. The molecule has 2 aliphatic rings. The fourth-order valence-electron chi connectivity index (χ4n) is 3.91. The number of rotatable bonds is 2. The van der Waals surface area contributed by atoms with Gasteiger partial charge >= 0.3 is 0 Å². The first kappa shape index (κ1) is 15.1. The molecule has 0 N–H and O–H groups in total. The second-order valence-corrected chi connectivity index (χ2v) is 10.3. The molecule has 4 atom stereocenters. The summed E-state index contributed by atoms with van der Waals surface area (Å²) in [5.74, 6) is 2.89. The van der Waals surface area contributed by atoms with Gasteiger partial charge in [-0.25, -0.2) is 0 Å². The van der Waals surface area contributed by atoms with Crippen LogP contribution in [0.3, 0.4) is 0 Å². The summed E-state index contributed by atoms with van der Waals surface area (Å²) in [6.07, 6.45) is 10.2. The maximum absolute atomic E-state index is 3.98. The van der Waals surface area contributed by atoms with E-state index in [1.165, 1.54) is 58.1 Å². The van der Waals surface area contributed by atoms with Gasteiger partial charge in [-0.15, -0.1) is 11.3 Å². The fraction of sp³-hybridized carbons (Fsp3) is 0.733. The largest absolute Gasteiger partial charge is 0.131 e. The Morgan fingerprint density at radius 2 is 1.79 bits per heavy atom. The van der Waals surface area contributed by atoms with E-state index in [0.29, 0.717) is 4.83 Å². The molecule has 0 nitrogen and oxygen atoms in total. The van der Waals surface area contributed by atoms with Crippen molar-refractivity contribution in [2.24, 2.45) is 17.8 Å². The Hall–Kier alpha value is 1.14. The Balaban J connectivity index is 1.68. The summed E-state index contributed by atoms with van der Waals surface area (Å²) in [5, 5.41) is 0. The van der Waals surface area contributed by atoms with Crippen LogP contribution in [0.2, 0.25) is 0 Å². The topological polar surface area (TPSA) is 0 Å². The van der Waals surface area contributed by atoms with Crippen molar-refractivity contribution in [3.05, 3.63) is 19.2 Å². The third-order valence-corrected chi connectivity index (χ3v) is 9.81. The summed E-state index contributed by atoms with van der Waals surface area (Å²) in [6, 6.07) is 2.28. The van der Waals surface area contributed by atoms with Gasteiger partial charge in [-0.1, -0.05) is 41.6 Å². The van der Waals surface area contributed by atoms with Gasteiger partial charge in [0, 0.05) is 9.35 Å².